The molecule has 0 saturated heterocycles. The summed E-state index contributed by atoms with van der Waals surface area (Å²) in [5.74, 6) is 0. The number of aromatic nitrogens is 5. The number of para-hydroxylation sites is 1. The molecule has 0 atom stereocenters. The van der Waals surface area contributed by atoms with Gasteiger partial charge in [-0.1, -0.05) is 60.7 Å². The lowest BCUT2D eigenvalue weighted by molar-refractivity contribution is 1.16. The lowest BCUT2D eigenvalue weighted by Gasteiger charge is -2.14. The van der Waals surface area contributed by atoms with Crippen molar-refractivity contribution in [2.75, 3.05) is 0 Å². The summed E-state index contributed by atoms with van der Waals surface area (Å²) in [7, 11) is 0. The van der Waals surface area contributed by atoms with Crippen LogP contribution in [-0.2, 0) is 6.42 Å². The van der Waals surface area contributed by atoms with Gasteiger partial charge in [-0.15, -0.1) is 0 Å². The highest BCUT2D eigenvalue weighted by Gasteiger charge is 2.26. The minimum atomic E-state index is 0.926. The summed E-state index contributed by atoms with van der Waals surface area (Å²) < 4.78 is 4.72. The largest absolute Gasteiger partial charge is 0.308 e. The molecule has 0 saturated carbocycles. The number of imidazole rings is 1. The molecule has 4 aromatic carbocycles. The summed E-state index contributed by atoms with van der Waals surface area (Å²) >= 11 is 0. The standard InChI is InChI=1S/C36H21N5/c1-2-7-22(8-3-1)40-34-25(11-10-24-23-9-5-4-6-21(23)18-28(24)34)26-12-13-27-33(35(26)40)29-19-37-17-15-31(29)41-32-20-38-16-14-30(32)39-36(27)41/h1-17,19-20H,18H2. The van der Waals surface area contributed by atoms with Crippen LogP contribution in [0.3, 0.4) is 0 Å². The lowest BCUT2D eigenvalue weighted by Crippen LogP contribution is -1.98. The Morgan fingerprint density at radius 1 is 0.585 bits per heavy atom. The Kier molecular flexibility index (Phi) is 3.92. The molecule has 0 amide bonds. The first-order valence-corrected chi connectivity index (χ1v) is 13.9. The van der Waals surface area contributed by atoms with Crippen LogP contribution in [-0.4, -0.2) is 23.9 Å². The summed E-state index contributed by atoms with van der Waals surface area (Å²) in [5.41, 5.74) is 13.0. The number of benzene rings is 4. The van der Waals surface area contributed by atoms with Crippen LogP contribution in [0, 0.1) is 0 Å². The topological polar surface area (TPSA) is 48.0 Å². The van der Waals surface area contributed by atoms with Crippen molar-refractivity contribution in [2.45, 2.75) is 6.42 Å². The summed E-state index contributed by atoms with van der Waals surface area (Å²) in [6.45, 7) is 0. The molecule has 0 unspecified atom stereocenters. The van der Waals surface area contributed by atoms with E-state index in [0.29, 0.717) is 0 Å². The molecule has 0 bridgehead atoms. The summed E-state index contributed by atoms with van der Waals surface area (Å²) in [6.07, 6.45) is 8.51. The number of pyridine rings is 3. The molecular formula is C36H21N5. The lowest BCUT2D eigenvalue weighted by atomic mass is 10.0. The van der Waals surface area contributed by atoms with Gasteiger partial charge >= 0.3 is 0 Å². The van der Waals surface area contributed by atoms with E-state index in [9.17, 15) is 0 Å². The maximum Gasteiger partial charge on any atom is 0.146 e. The fraction of sp³-hybridized carbons (Fsp3) is 0.0278. The molecule has 1 aliphatic rings. The second-order valence-corrected chi connectivity index (χ2v) is 10.9. The smallest absolute Gasteiger partial charge is 0.146 e. The third-order valence-electron chi connectivity index (χ3n) is 8.89. The number of fused-ring (bicyclic) bond motifs is 16. The van der Waals surface area contributed by atoms with Crippen LogP contribution in [0.25, 0.3) is 77.0 Å². The highest BCUT2D eigenvalue weighted by atomic mass is 15.0. The first-order chi connectivity index (χ1) is 20.4. The third kappa shape index (κ3) is 2.63. The normalized spacial score (nSPS) is 12.8. The van der Waals surface area contributed by atoms with Gasteiger partial charge in [-0.3, -0.25) is 14.4 Å². The number of rotatable bonds is 1. The fourth-order valence-electron chi connectivity index (χ4n) is 7.24. The van der Waals surface area contributed by atoms with Gasteiger partial charge in [0.05, 0.1) is 33.8 Å². The van der Waals surface area contributed by atoms with Crippen molar-refractivity contribution in [1.29, 1.82) is 0 Å². The predicted molar refractivity (Wildman–Crippen MR) is 166 cm³/mol. The Balaban J connectivity index is 1.49. The van der Waals surface area contributed by atoms with Gasteiger partial charge in [0.1, 0.15) is 5.65 Å². The first kappa shape index (κ1) is 21.3. The van der Waals surface area contributed by atoms with Crippen LogP contribution in [0.1, 0.15) is 11.1 Å². The molecular weight excluding hydrogens is 502 g/mol. The van der Waals surface area contributed by atoms with Crippen molar-refractivity contribution >= 4 is 60.2 Å². The van der Waals surface area contributed by atoms with Gasteiger partial charge in [0.15, 0.2) is 0 Å². The molecule has 5 nitrogen and oxygen atoms in total. The van der Waals surface area contributed by atoms with Crippen molar-refractivity contribution in [3.05, 3.63) is 127 Å². The van der Waals surface area contributed by atoms with Crippen LogP contribution in [0.5, 0.6) is 0 Å². The van der Waals surface area contributed by atoms with E-state index in [2.05, 4.69) is 104 Å². The van der Waals surface area contributed by atoms with Crippen LogP contribution in [0.15, 0.2) is 116 Å². The SMILES string of the molecule is c1ccc(-n2c3c4c(ccc3c3ccc5c(c6cnccc6n6c7cnccc7nc56)c32)-c2ccccc2C4)cc1. The zero-order valence-electron chi connectivity index (χ0n) is 21.9. The Labute approximate surface area is 234 Å². The number of hydrogen-bond donors (Lipinski definition) is 0. The quantitative estimate of drug-likeness (QED) is 0.204. The molecule has 41 heavy (non-hydrogen) atoms. The molecule has 190 valence electrons. The summed E-state index contributed by atoms with van der Waals surface area (Å²) in [4.78, 5) is 14.2. The maximum atomic E-state index is 5.13. The fourth-order valence-corrected chi connectivity index (χ4v) is 7.24. The maximum absolute atomic E-state index is 5.13. The van der Waals surface area contributed by atoms with Gasteiger partial charge in [0.2, 0.25) is 0 Å². The monoisotopic (exact) mass is 523 g/mol. The Morgan fingerprint density at radius 2 is 1.37 bits per heavy atom. The van der Waals surface area contributed by atoms with Crippen LogP contribution in [0.2, 0.25) is 0 Å². The second kappa shape index (κ2) is 7.55. The molecule has 9 aromatic rings. The zero-order valence-corrected chi connectivity index (χ0v) is 21.9. The summed E-state index contributed by atoms with van der Waals surface area (Å²) in [5, 5.41) is 5.89. The number of hydrogen-bond acceptors (Lipinski definition) is 3. The molecule has 1 aliphatic carbocycles. The van der Waals surface area contributed by atoms with Crippen molar-refractivity contribution < 1.29 is 0 Å². The Hall–Kier alpha value is -5.55. The molecule has 0 aliphatic heterocycles. The highest BCUT2D eigenvalue weighted by Crippen LogP contribution is 2.46. The van der Waals surface area contributed by atoms with Crippen LogP contribution < -0.4 is 0 Å². The average molecular weight is 524 g/mol. The van der Waals surface area contributed by atoms with E-state index in [1.165, 1.54) is 49.4 Å². The van der Waals surface area contributed by atoms with Crippen molar-refractivity contribution in [2.24, 2.45) is 0 Å². The first-order valence-electron chi connectivity index (χ1n) is 13.9. The summed E-state index contributed by atoms with van der Waals surface area (Å²) in [6, 6.07) is 32.8. The molecule has 5 aromatic heterocycles. The second-order valence-electron chi connectivity index (χ2n) is 10.9. The van der Waals surface area contributed by atoms with Gasteiger partial charge in [0, 0.05) is 57.6 Å². The van der Waals surface area contributed by atoms with Gasteiger partial charge in [-0.2, -0.15) is 0 Å². The molecule has 5 heteroatoms. The Bertz CT molecular complexity index is 2550. The van der Waals surface area contributed by atoms with E-state index < -0.39 is 0 Å². The van der Waals surface area contributed by atoms with E-state index in [0.717, 1.165) is 45.1 Å². The minimum absolute atomic E-state index is 0.926. The Morgan fingerprint density at radius 3 is 2.32 bits per heavy atom. The van der Waals surface area contributed by atoms with Crippen molar-refractivity contribution in [1.82, 2.24) is 23.9 Å². The molecule has 0 spiro atoms. The van der Waals surface area contributed by atoms with Crippen molar-refractivity contribution in [3.63, 3.8) is 0 Å². The van der Waals surface area contributed by atoms with Gasteiger partial charge in [-0.25, -0.2) is 4.98 Å². The van der Waals surface area contributed by atoms with Gasteiger partial charge in [0.25, 0.3) is 0 Å². The van der Waals surface area contributed by atoms with E-state index in [-0.39, 0.29) is 0 Å². The van der Waals surface area contributed by atoms with E-state index in [1.807, 2.05) is 30.9 Å². The molecule has 0 N–H and O–H groups in total. The van der Waals surface area contributed by atoms with E-state index in [4.69, 9.17) is 4.98 Å². The van der Waals surface area contributed by atoms with Crippen LogP contribution >= 0.6 is 0 Å². The molecule has 0 radical (unpaired) electrons. The van der Waals surface area contributed by atoms with Gasteiger partial charge in [-0.05, 0) is 52.6 Å². The van der Waals surface area contributed by atoms with Crippen molar-refractivity contribution in [3.8, 4) is 16.8 Å². The third-order valence-corrected chi connectivity index (χ3v) is 8.89. The molecule has 10 rings (SSSR count). The number of nitrogens with zero attached hydrogens (tertiary/aromatic N) is 5. The van der Waals surface area contributed by atoms with E-state index in [1.54, 1.807) is 0 Å². The minimum Gasteiger partial charge on any atom is -0.308 e. The average Bonchev–Trinajstić information content (AvgIpc) is 3.71. The van der Waals surface area contributed by atoms with Crippen LogP contribution in [0.4, 0.5) is 0 Å². The molecule has 5 heterocycles. The van der Waals surface area contributed by atoms with Gasteiger partial charge < -0.3 is 4.57 Å². The highest BCUT2D eigenvalue weighted by molar-refractivity contribution is 6.28. The predicted octanol–water partition coefficient (Wildman–Crippen LogP) is 8.25. The van der Waals surface area contributed by atoms with E-state index >= 15 is 0 Å². The molecule has 0 fully saturated rings. The zero-order chi connectivity index (χ0) is 26.7.